The van der Waals surface area contributed by atoms with E-state index < -0.39 is 29.0 Å². The second-order valence-corrected chi connectivity index (χ2v) is 7.53. The van der Waals surface area contributed by atoms with Gasteiger partial charge in [0, 0.05) is 12.7 Å². The monoisotopic (exact) mass is 426 g/mol. The standard InChI is InChI=1S/C21H16F2N4O2S/c1-25-18(28)14-5-4-13(10-15(14)22)27-20(30)26(19(29)21(27)7-2-8-21)17-6-3-12(11-24)9-16(17)23/h3-6,9-10H,2,7-8H2,1H3,(H,25,28). The van der Waals surface area contributed by atoms with Gasteiger partial charge in [-0.15, -0.1) is 0 Å². The van der Waals surface area contributed by atoms with Gasteiger partial charge >= 0.3 is 0 Å². The molecule has 2 aromatic rings. The second-order valence-electron chi connectivity index (χ2n) is 7.16. The summed E-state index contributed by atoms with van der Waals surface area (Å²) in [5, 5.41) is 11.3. The molecule has 0 bridgehead atoms. The Hall–Kier alpha value is -3.38. The largest absolute Gasteiger partial charge is 0.355 e. The van der Waals surface area contributed by atoms with Crippen LogP contribution in [0.3, 0.4) is 0 Å². The maximum absolute atomic E-state index is 14.7. The van der Waals surface area contributed by atoms with E-state index >= 15 is 0 Å². The summed E-state index contributed by atoms with van der Waals surface area (Å²) >= 11 is 5.52. The molecule has 1 saturated carbocycles. The number of hydrogen-bond donors (Lipinski definition) is 1. The number of thiocarbonyl (C=S) groups is 1. The number of rotatable bonds is 3. The molecule has 1 heterocycles. The Labute approximate surface area is 176 Å². The van der Waals surface area contributed by atoms with E-state index in [0.29, 0.717) is 18.5 Å². The minimum atomic E-state index is -1.02. The summed E-state index contributed by atoms with van der Waals surface area (Å²) in [4.78, 5) is 27.8. The van der Waals surface area contributed by atoms with Gasteiger partial charge in [-0.3, -0.25) is 14.5 Å². The highest BCUT2D eigenvalue weighted by Crippen LogP contribution is 2.48. The third-order valence-electron chi connectivity index (χ3n) is 5.59. The zero-order valence-corrected chi connectivity index (χ0v) is 16.7. The van der Waals surface area contributed by atoms with E-state index in [-0.39, 0.29) is 21.9 Å². The lowest BCUT2D eigenvalue weighted by atomic mass is 9.75. The fraction of sp³-hybridized carbons (Fsp3) is 0.238. The molecule has 0 radical (unpaired) electrons. The van der Waals surface area contributed by atoms with E-state index in [1.807, 2.05) is 6.07 Å². The molecule has 0 atom stereocenters. The van der Waals surface area contributed by atoms with Crippen molar-refractivity contribution in [3.05, 3.63) is 59.2 Å². The predicted molar refractivity (Wildman–Crippen MR) is 110 cm³/mol. The van der Waals surface area contributed by atoms with Crippen molar-refractivity contribution >= 4 is 40.5 Å². The van der Waals surface area contributed by atoms with E-state index in [0.717, 1.165) is 23.5 Å². The van der Waals surface area contributed by atoms with Crippen LogP contribution in [-0.2, 0) is 4.79 Å². The third-order valence-corrected chi connectivity index (χ3v) is 5.96. The molecular formula is C21H16F2N4O2S. The SMILES string of the molecule is CNC(=O)c1ccc(N2C(=S)N(c3ccc(C#N)cc3F)C(=O)C23CCC3)cc1F. The Morgan fingerprint density at radius 1 is 1.20 bits per heavy atom. The molecule has 6 nitrogen and oxygen atoms in total. The van der Waals surface area contributed by atoms with Crippen LogP contribution in [0, 0.1) is 23.0 Å². The van der Waals surface area contributed by atoms with Crippen molar-refractivity contribution in [3.63, 3.8) is 0 Å². The zero-order chi connectivity index (χ0) is 21.6. The minimum absolute atomic E-state index is 0.0235. The van der Waals surface area contributed by atoms with Crippen molar-refractivity contribution < 1.29 is 18.4 Å². The predicted octanol–water partition coefficient (Wildman–Crippen LogP) is 3.26. The molecule has 1 N–H and O–H groups in total. The Kier molecular flexibility index (Phi) is 4.74. The molecule has 0 unspecified atom stereocenters. The number of hydrogen-bond acceptors (Lipinski definition) is 4. The first kappa shape index (κ1) is 19.9. The molecule has 0 aromatic heterocycles. The Balaban J connectivity index is 1.79. The quantitative estimate of drug-likeness (QED) is 0.763. The lowest BCUT2D eigenvalue weighted by Crippen LogP contribution is -2.55. The number of anilines is 2. The number of halogens is 2. The molecule has 1 aliphatic heterocycles. The first-order valence-corrected chi connectivity index (χ1v) is 9.65. The lowest BCUT2D eigenvalue weighted by Gasteiger charge is -2.43. The van der Waals surface area contributed by atoms with Gasteiger partial charge in [0.1, 0.15) is 17.2 Å². The molecule has 2 amide bonds. The van der Waals surface area contributed by atoms with Crippen LogP contribution in [0.15, 0.2) is 36.4 Å². The van der Waals surface area contributed by atoms with Crippen LogP contribution in [0.25, 0.3) is 0 Å². The summed E-state index contributed by atoms with van der Waals surface area (Å²) in [6, 6.07) is 9.63. The normalized spacial score (nSPS) is 17.1. The number of nitrogens with zero attached hydrogens (tertiary/aromatic N) is 3. The van der Waals surface area contributed by atoms with Crippen LogP contribution in [0.4, 0.5) is 20.2 Å². The summed E-state index contributed by atoms with van der Waals surface area (Å²) in [5.41, 5.74) is -0.764. The number of nitriles is 1. The Morgan fingerprint density at radius 2 is 1.93 bits per heavy atom. The highest BCUT2D eigenvalue weighted by atomic mass is 32.1. The van der Waals surface area contributed by atoms with E-state index in [2.05, 4.69) is 5.32 Å². The van der Waals surface area contributed by atoms with Crippen LogP contribution in [-0.4, -0.2) is 29.5 Å². The fourth-order valence-electron chi connectivity index (χ4n) is 3.91. The van der Waals surface area contributed by atoms with Gasteiger partial charge in [-0.05, 0) is 67.9 Å². The van der Waals surface area contributed by atoms with Crippen LogP contribution in [0.2, 0.25) is 0 Å². The van der Waals surface area contributed by atoms with Gasteiger partial charge in [0.05, 0.1) is 22.9 Å². The van der Waals surface area contributed by atoms with Crippen molar-refractivity contribution in [2.45, 2.75) is 24.8 Å². The maximum atomic E-state index is 14.7. The fourth-order valence-corrected chi connectivity index (χ4v) is 4.37. The van der Waals surface area contributed by atoms with Gasteiger partial charge in [-0.2, -0.15) is 5.26 Å². The van der Waals surface area contributed by atoms with E-state index in [1.165, 1.54) is 31.3 Å². The van der Waals surface area contributed by atoms with Gasteiger partial charge in [-0.25, -0.2) is 8.78 Å². The van der Waals surface area contributed by atoms with Crippen LogP contribution in [0.5, 0.6) is 0 Å². The van der Waals surface area contributed by atoms with Crippen LogP contribution in [0.1, 0.15) is 35.2 Å². The molecule has 1 saturated heterocycles. The lowest BCUT2D eigenvalue weighted by molar-refractivity contribution is -0.123. The number of carbonyl (C=O) groups excluding carboxylic acids is 2. The zero-order valence-electron chi connectivity index (χ0n) is 15.9. The number of benzene rings is 2. The summed E-state index contributed by atoms with van der Waals surface area (Å²) in [7, 11) is 1.40. The number of amides is 2. The van der Waals surface area contributed by atoms with Crippen molar-refractivity contribution in [3.8, 4) is 6.07 Å². The van der Waals surface area contributed by atoms with Crippen molar-refractivity contribution in [2.75, 3.05) is 16.8 Å². The topological polar surface area (TPSA) is 76.4 Å². The smallest absolute Gasteiger partial charge is 0.259 e. The van der Waals surface area contributed by atoms with Gasteiger partial charge in [0.2, 0.25) is 0 Å². The minimum Gasteiger partial charge on any atom is -0.355 e. The number of nitrogens with one attached hydrogen (secondary N) is 1. The molecular weight excluding hydrogens is 410 g/mol. The summed E-state index contributed by atoms with van der Waals surface area (Å²) in [5.74, 6) is -2.46. The Morgan fingerprint density at radius 3 is 2.47 bits per heavy atom. The highest BCUT2D eigenvalue weighted by molar-refractivity contribution is 7.81. The van der Waals surface area contributed by atoms with Gasteiger partial charge < -0.3 is 10.2 Å². The summed E-state index contributed by atoms with van der Waals surface area (Å²) in [6.07, 6.45) is 1.74. The molecule has 4 rings (SSSR count). The molecule has 1 aliphatic carbocycles. The average molecular weight is 426 g/mol. The van der Waals surface area contributed by atoms with Gasteiger partial charge in [-0.1, -0.05) is 0 Å². The first-order valence-electron chi connectivity index (χ1n) is 9.24. The van der Waals surface area contributed by atoms with Gasteiger partial charge in [0.15, 0.2) is 5.11 Å². The summed E-state index contributed by atoms with van der Waals surface area (Å²) < 4.78 is 29.2. The first-order chi connectivity index (χ1) is 14.3. The van der Waals surface area contributed by atoms with Crippen LogP contribution < -0.4 is 15.1 Å². The van der Waals surface area contributed by atoms with Crippen molar-refractivity contribution in [1.29, 1.82) is 5.26 Å². The van der Waals surface area contributed by atoms with E-state index in [9.17, 15) is 18.4 Å². The van der Waals surface area contributed by atoms with Crippen molar-refractivity contribution in [2.24, 2.45) is 0 Å². The molecule has 2 aliphatic rings. The molecule has 152 valence electrons. The molecule has 30 heavy (non-hydrogen) atoms. The van der Waals surface area contributed by atoms with E-state index in [4.69, 9.17) is 17.5 Å². The Bertz CT molecular complexity index is 1140. The number of carbonyl (C=O) groups is 2. The maximum Gasteiger partial charge on any atom is 0.259 e. The third kappa shape index (κ3) is 2.75. The molecule has 1 spiro atoms. The van der Waals surface area contributed by atoms with E-state index in [1.54, 1.807) is 4.90 Å². The van der Waals surface area contributed by atoms with Gasteiger partial charge in [0.25, 0.3) is 11.8 Å². The molecule has 9 heteroatoms. The average Bonchev–Trinajstić information content (AvgIpc) is 2.94. The van der Waals surface area contributed by atoms with Crippen LogP contribution >= 0.6 is 12.2 Å². The summed E-state index contributed by atoms with van der Waals surface area (Å²) in [6.45, 7) is 0. The highest BCUT2D eigenvalue weighted by Gasteiger charge is 2.60. The molecule has 2 aromatic carbocycles. The second kappa shape index (κ2) is 7.15. The molecule has 2 fully saturated rings. The van der Waals surface area contributed by atoms with Crippen molar-refractivity contribution in [1.82, 2.24) is 5.32 Å².